The lowest BCUT2D eigenvalue weighted by molar-refractivity contribution is -0.117. The van der Waals surface area contributed by atoms with Crippen LogP contribution in [0.2, 0.25) is 5.02 Å². The Kier molecular flexibility index (Phi) is 6.55. The number of ether oxygens (including phenoxy) is 1. The van der Waals surface area contributed by atoms with Crippen molar-refractivity contribution in [2.45, 2.75) is 6.54 Å². The largest absolute Gasteiger partial charge is 0.383 e. The van der Waals surface area contributed by atoms with E-state index in [1.54, 1.807) is 24.2 Å². The van der Waals surface area contributed by atoms with Crippen molar-refractivity contribution in [2.75, 3.05) is 20.3 Å². The molecule has 0 spiro atoms. The van der Waals surface area contributed by atoms with Gasteiger partial charge in [0.2, 0.25) is 0 Å². The molecule has 0 radical (unpaired) electrons. The molecular weight excluding hydrogens is 328 g/mol. The van der Waals surface area contributed by atoms with Crippen LogP contribution in [0.4, 0.5) is 0 Å². The number of carbonyl (C=O) groups is 1. The van der Waals surface area contributed by atoms with E-state index in [-0.39, 0.29) is 5.57 Å². The summed E-state index contributed by atoms with van der Waals surface area (Å²) in [6, 6.07) is 9.41. The SMILES string of the molecule is COCCNC(=O)/C(C#N)=C/c1cnn(Cc2ccccc2Cl)c1. The van der Waals surface area contributed by atoms with Crippen LogP contribution in [-0.2, 0) is 16.1 Å². The Balaban J connectivity index is 2.07. The highest BCUT2D eigenvalue weighted by molar-refractivity contribution is 6.31. The normalized spacial score (nSPS) is 11.1. The average Bonchev–Trinajstić information content (AvgIpc) is 3.02. The summed E-state index contributed by atoms with van der Waals surface area (Å²) in [5, 5.41) is 16.6. The number of methoxy groups -OCH3 is 1. The van der Waals surface area contributed by atoms with E-state index in [1.165, 1.54) is 6.08 Å². The minimum Gasteiger partial charge on any atom is -0.383 e. The van der Waals surface area contributed by atoms with Gasteiger partial charge in [0.25, 0.3) is 5.91 Å². The van der Waals surface area contributed by atoms with E-state index in [4.69, 9.17) is 21.6 Å². The van der Waals surface area contributed by atoms with Gasteiger partial charge in [-0.2, -0.15) is 10.4 Å². The molecule has 0 fully saturated rings. The van der Waals surface area contributed by atoms with Gasteiger partial charge in [-0.05, 0) is 17.7 Å². The molecular formula is C17H17ClN4O2. The molecule has 1 amide bonds. The number of nitriles is 1. The van der Waals surface area contributed by atoms with Crippen molar-refractivity contribution in [1.29, 1.82) is 5.26 Å². The molecule has 1 aromatic carbocycles. The van der Waals surface area contributed by atoms with Crippen LogP contribution in [0.5, 0.6) is 0 Å². The van der Waals surface area contributed by atoms with E-state index in [0.29, 0.717) is 30.3 Å². The molecule has 0 saturated heterocycles. The van der Waals surface area contributed by atoms with E-state index in [9.17, 15) is 4.79 Å². The Morgan fingerprint density at radius 2 is 2.29 bits per heavy atom. The van der Waals surface area contributed by atoms with Crippen molar-refractivity contribution in [3.8, 4) is 6.07 Å². The highest BCUT2D eigenvalue weighted by atomic mass is 35.5. The number of rotatable bonds is 7. The topological polar surface area (TPSA) is 79.9 Å². The van der Waals surface area contributed by atoms with Crippen LogP contribution in [0.15, 0.2) is 42.2 Å². The van der Waals surface area contributed by atoms with Crippen molar-refractivity contribution >= 4 is 23.6 Å². The van der Waals surface area contributed by atoms with Gasteiger partial charge in [-0.15, -0.1) is 0 Å². The second-order valence-electron chi connectivity index (χ2n) is 4.98. The van der Waals surface area contributed by atoms with Gasteiger partial charge < -0.3 is 10.1 Å². The van der Waals surface area contributed by atoms with Crippen molar-refractivity contribution < 1.29 is 9.53 Å². The molecule has 0 aliphatic heterocycles. The Labute approximate surface area is 145 Å². The van der Waals surface area contributed by atoms with E-state index >= 15 is 0 Å². The molecule has 0 atom stereocenters. The first-order valence-corrected chi connectivity index (χ1v) is 7.66. The van der Waals surface area contributed by atoms with Crippen LogP contribution < -0.4 is 5.32 Å². The van der Waals surface area contributed by atoms with Gasteiger partial charge in [0.05, 0.1) is 19.3 Å². The Bertz CT molecular complexity index is 777. The quantitative estimate of drug-likeness (QED) is 0.474. The summed E-state index contributed by atoms with van der Waals surface area (Å²) >= 11 is 6.13. The van der Waals surface area contributed by atoms with E-state index in [2.05, 4.69) is 10.4 Å². The fourth-order valence-electron chi connectivity index (χ4n) is 2.02. The molecule has 1 heterocycles. The van der Waals surface area contributed by atoms with Gasteiger partial charge in [0.15, 0.2) is 0 Å². The monoisotopic (exact) mass is 344 g/mol. The lowest BCUT2D eigenvalue weighted by Crippen LogP contribution is -2.27. The Morgan fingerprint density at radius 1 is 1.50 bits per heavy atom. The number of benzene rings is 1. The summed E-state index contributed by atoms with van der Waals surface area (Å²) in [7, 11) is 1.54. The zero-order valence-electron chi connectivity index (χ0n) is 13.2. The fraction of sp³-hybridized carbons (Fsp3) is 0.235. The summed E-state index contributed by atoms with van der Waals surface area (Å²) in [4.78, 5) is 11.9. The predicted octanol–water partition coefficient (Wildman–Crippen LogP) is 2.25. The van der Waals surface area contributed by atoms with Crippen molar-refractivity contribution in [3.63, 3.8) is 0 Å². The Morgan fingerprint density at radius 3 is 3.00 bits per heavy atom. The third kappa shape index (κ3) is 4.95. The predicted molar refractivity (Wildman–Crippen MR) is 91.3 cm³/mol. The third-order valence-electron chi connectivity index (χ3n) is 3.21. The minimum absolute atomic E-state index is 0.0170. The summed E-state index contributed by atoms with van der Waals surface area (Å²) in [5.74, 6) is -0.437. The van der Waals surface area contributed by atoms with Crippen LogP contribution >= 0.6 is 11.6 Å². The maximum Gasteiger partial charge on any atom is 0.262 e. The number of aromatic nitrogens is 2. The molecule has 1 N–H and O–H groups in total. The molecule has 0 saturated carbocycles. The highest BCUT2D eigenvalue weighted by Gasteiger charge is 2.09. The molecule has 7 heteroatoms. The molecule has 6 nitrogen and oxygen atoms in total. The maximum atomic E-state index is 11.9. The zero-order chi connectivity index (χ0) is 17.4. The molecule has 2 aromatic rings. The van der Waals surface area contributed by atoms with Crippen molar-refractivity contribution in [3.05, 3.63) is 58.4 Å². The van der Waals surface area contributed by atoms with Gasteiger partial charge in [-0.25, -0.2) is 0 Å². The number of nitrogens with one attached hydrogen (secondary N) is 1. The summed E-state index contributed by atoms with van der Waals surface area (Å²) in [6.07, 6.45) is 4.85. The summed E-state index contributed by atoms with van der Waals surface area (Å²) < 4.78 is 6.55. The van der Waals surface area contributed by atoms with Gasteiger partial charge >= 0.3 is 0 Å². The number of carbonyl (C=O) groups excluding carboxylic acids is 1. The number of halogens is 1. The van der Waals surface area contributed by atoms with Crippen molar-refractivity contribution in [1.82, 2.24) is 15.1 Å². The maximum absolute atomic E-state index is 11.9. The van der Waals surface area contributed by atoms with E-state index in [0.717, 1.165) is 5.56 Å². The smallest absolute Gasteiger partial charge is 0.262 e. The fourth-order valence-corrected chi connectivity index (χ4v) is 2.21. The molecule has 0 unspecified atom stereocenters. The second-order valence-corrected chi connectivity index (χ2v) is 5.39. The summed E-state index contributed by atoms with van der Waals surface area (Å²) in [6.45, 7) is 1.25. The Hall–Kier alpha value is -2.62. The van der Waals surface area contributed by atoms with Crippen LogP contribution in [-0.4, -0.2) is 35.9 Å². The molecule has 0 aliphatic rings. The van der Waals surface area contributed by atoms with Gasteiger partial charge in [-0.3, -0.25) is 9.48 Å². The van der Waals surface area contributed by atoms with E-state index < -0.39 is 5.91 Å². The van der Waals surface area contributed by atoms with Gasteiger partial charge in [0, 0.05) is 30.4 Å². The molecule has 0 aliphatic carbocycles. The standard InChI is InChI=1S/C17H17ClN4O2/c1-24-7-6-20-17(23)15(9-19)8-13-10-21-22(11-13)12-14-4-2-3-5-16(14)18/h2-5,8,10-11H,6-7,12H2,1H3,(H,20,23)/b15-8+. The summed E-state index contributed by atoms with van der Waals surface area (Å²) in [5.41, 5.74) is 1.62. The lowest BCUT2D eigenvalue weighted by atomic mass is 10.2. The van der Waals surface area contributed by atoms with E-state index in [1.807, 2.05) is 30.3 Å². The van der Waals surface area contributed by atoms with Gasteiger partial charge in [0.1, 0.15) is 11.6 Å². The zero-order valence-corrected chi connectivity index (χ0v) is 14.0. The first kappa shape index (κ1) is 17.7. The number of hydrogen-bond acceptors (Lipinski definition) is 4. The van der Waals surface area contributed by atoms with Crippen LogP contribution in [0.3, 0.4) is 0 Å². The van der Waals surface area contributed by atoms with Gasteiger partial charge in [-0.1, -0.05) is 29.8 Å². The van der Waals surface area contributed by atoms with Crippen LogP contribution in [0, 0.1) is 11.3 Å². The minimum atomic E-state index is -0.437. The first-order valence-electron chi connectivity index (χ1n) is 7.29. The molecule has 124 valence electrons. The number of amides is 1. The second kappa shape index (κ2) is 8.87. The first-order chi connectivity index (χ1) is 11.6. The number of hydrogen-bond donors (Lipinski definition) is 1. The average molecular weight is 345 g/mol. The van der Waals surface area contributed by atoms with Crippen molar-refractivity contribution in [2.24, 2.45) is 0 Å². The lowest BCUT2D eigenvalue weighted by Gasteiger charge is -2.03. The van der Waals surface area contributed by atoms with Crippen LogP contribution in [0.1, 0.15) is 11.1 Å². The van der Waals surface area contributed by atoms with Crippen LogP contribution in [0.25, 0.3) is 6.08 Å². The third-order valence-corrected chi connectivity index (χ3v) is 3.58. The highest BCUT2D eigenvalue weighted by Crippen LogP contribution is 2.16. The number of nitrogens with zero attached hydrogens (tertiary/aromatic N) is 3. The molecule has 0 bridgehead atoms. The molecule has 1 aromatic heterocycles. The molecule has 2 rings (SSSR count). The molecule has 24 heavy (non-hydrogen) atoms.